The van der Waals surface area contributed by atoms with Crippen LogP contribution >= 0.6 is 11.3 Å². The van der Waals surface area contributed by atoms with Crippen molar-refractivity contribution < 1.29 is 28.6 Å². The molecule has 3 nitrogen and oxygen atoms in total. The minimum absolute atomic E-state index is 0. The number of aryl methyl sites for hydroxylation is 4. The van der Waals surface area contributed by atoms with Crippen LogP contribution in [0.4, 0.5) is 4.39 Å². The second-order valence-corrected chi connectivity index (χ2v) is 20.5. The van der Waals surface area contributed by atoms with Gasteiger partial charge in [-0.05, 0) is 89.4 Å². The van der Waals surface area contributed by atoms with Crippen molar-refractivity contribution >= 4 is 44.9 Å². The molecule has 0 aliphatic heterocycles. The SMILES string of the molecule is CC(C)Cc1cc(-c2[c-]cccc2)ncc1[Si](C)(C)C.[2H]C([2H])([2H])c1ccc2c(n1)sc1c(-c3cc(-c4c(C)cc(C)cc4C)c(F)cn3)[c-]ccc12.[Ir]. The molecule has 7 heteroatoms. The molecule has 0 bridgehead atoms. The Kier molecular flexibility index (Phi) is 10.6. The van der Waals surface area contributed by atoms with Gasteiger partial charge in [0.1, 0.15) is 10.6 Å². The van der Waals surface area contributed by atoms with Crippen LogP contribution in [0.1, 0.15) is 45.9 Å². The Labute approximate surface area is 325 Å². The normalized spacial score (nSPS) is 12.5. The summed E-state index contributed by atoms with van der Waals surface area (Å²) >= 11 is 1.40. The number of thiophene rings is 1. The van der Waals surface area contributed by atoms with Crippen LogP contribution in [-0.4, -0.2) is 23.0 Å². The molecule has 0 aliphatic rings. The number of pyridine rings is 3. The average molecular weight is 889 g/mol. The van der Waals surface area contributed by atoms with Gasteiger partial charge in [-0.2, -0.15) is 11.3 Å². The van der Waals surface area contributed by atoms with E-state index >= 15 is 0 Å². The van der Waals surface area contributed by atoms with Gasteiger partial charge in [0, 0.05) is 41.7 Å². The number of hydrogen-bond donors (Lipinski definition) is 0. The summed E-state index contributed by atoms with van der Waals surface area (Å²) < 4.78 is 38.8. The summed E-state index contributed by atoms with van der Waals surface area (Å²) in [6.45, 7) is 15.5. The van der Waals surface area contributed by atoms with E-state index in [1.54, 1.807) is 18.2 Å². The molecular weight excluding hydrogens is 842 g/mol. The molecule has 0 unspecified atom stereocenters. The summed E-state index contributed by atoms with van der Waals surface area (Å²) in [5.41, 5.74) is 9.55. The van der Waals surface area contributed by atoms with Crippen LogP contribution in [0, 0.1) is 51.5 Å². The summed E-state index contributed by atoms with van der Waals surface area (Å²) in [6.07, 6.45) is 4.50. The van der Waals surface area contributed by atoms with E-state index in [4.69, 9.17) is 4.11 Å². The Bertz CT molecular complexity index is 2420. The van der Waals surface area contributed by atoms with Crippen LogP contribution in [0.15, 0.2) is 85.2 Å². The first-order chi connectivity index (χ1) is 25.0. The summed E-state index contributed by atoms with van der Waals surface area (Å²) in [7, 11) is -1.34. The van der Waals surface area contributed by atoms with Gasteiger partial charge in [0.05, 0.1) is 14.3 Å². The van der Waals surface area contributed by atoms with E-state index in [0.717, 1.165) is 61.0 Å². The summed E-state index contributed by atoms with van der Waals surface area (Å²) in [5.74, 6) is 0.293. The number of fused-ring (bicyclic) bond motifs is 3. The first-order valence-corrected chi connectivity index (χ1v) is 21.3. The fourth-order valence-corrected chi connectivity index (χ4v) is 9.43. The molecule has 0 fully saturated rings. The fourth-order valence-electron chi connectivity index (χ4n) is 6.67. The number of benzene rings is 3. The summed E-state index contributed by atoms with van der Waals surface area (Å²) in [4.78, 5) is 14.1. The first-order valence-electron chi connectivity index (χ1n) is 18.5. The molecule has 51 heavy (non-hydrogen) atoms. The maximum absolute atomic E-state index is 14.9. The van der Waals surface area contributed by atoms with E-state index < -0.39 is 14.9 Å². The molecule has 0 atom stereocenters. The zero-order valence-corrected chi connectivity index (χ0v) is 34.5. The van der Waals surface area contributed by atoms with Crippen molar-refractivity contribution in [2.75, 3.05) is 0 Å². The zero-order chi connectivity index (χ0) is 38.2. The minimum atomic E-state index is -2.27. The molecule has 0 saturated heterocycles. The standard InChI is InChI=1S/C26H20FN2S.C18H24NSi.Ir/c1-14-10-15(2)24(16(3)11-14)21-12-23(28-13-22(21)27)20-7-5-6-18-19-9-8-17(4)29-26(19)30-25(18)20;1-14(2)11-16-12-17(15-9-7-6-8-10-15)19-13-18(16)20(3,4)5;/h5-6,8-13H,1-4H3;6-9,12-14H,11H2,1-5H3;/q2*-1;/i4D3;;. The van der Waals surface area contributed by atoms with Crippen molar-refractivity contribution in [1.82, 2.24) is 15.0 Å². The summed E-state index contributed by atoms with van der Waals surface area (Å²) in [5, 5.41) is 3.32. The van der Waals surface area contributed by atoms with Crippen LogP contribution in [0.2, 0.25) is 19.6 Å². The quantitative estimate of drug-likeness (QED) is 0.123. The van der Waals surface area contributed by atoms with Gasteiger partial charge >= 0.3 is 0 Å². The third-order valence-electron chi connectivity index (χ3n) is 8.77. The number of rotatable bonds is 6. The van der Waals surface area contributed by atoms with Crippen molar-refractivity contribution in [3.05, 3.63) is 131 Å². The van der Waals surface area contributed by atoms with E-state index in [1.165, 1.54) is 28.3 Å². The molecule has 4 heterocycles. The van der Waals surface area contributed by atoms with Crippen LogP contribution in [0.5, 0.6) is 0 Å². The van der Waals surface area contributed by atoms with E-state index in [1.807, 2.05) is 51.1 Å². The molecule has 0 saturated carbocycles. The second-order valence-electron chi connectivity index (χ2n) is 14.4. The van der Waals surface area contributed by atoms with Crippen LogP contribution < -0.4 is 5.19 Å². The summed E-state index contributed by atoms with van der Waals surface area (Å²) in [6, 6.07) is 29.9. The van der Waals surface area contributed by atoms with Crippen LogP contribution in [-0.2, 0) is 26.5 Å². The largest absolute Gasteiger partial charge is 0.305 e. The van der Waals surface area contributed by atoms with E-state index in [2.05, 4.69) is 91.0 Å². The van der Waals surface area contributed by atoms with Gasteiger partial charge in [-0.25, -0.2) is 9.37 Å². The van der Waals surface area contributed by atoms with Crippen molar-refractivity contribution in [3.63, 3.8) is 0 Å². The molecule has 0 aliphatic carbocycles. The molecule has 263 valence electrons. The van der Waals surface area contributed by atoms with Crippen LogP contribution in [0.3, 0.4) is 0 Å². The zero-order valence-electron chi connectivity index (χ0n) is 33.3. The Hall–Kier alpha value is -3.87. The van der Waals surface area contributed by atoms with Crippen LogP contribution in [0.25, 0.3) is 53.9 Å². The Morgan fingerprint density at radius 3 is 2.27 bits per heavy atom. The minimum Gasteiger partial charge on any atom is -0.305 e. The van der Waals surface area contributed by atoms with Gasteiger partial charge in [-0.15, -0.1) is 59.7 Å². The van der Waals surface area contributed by atoms with Gasteiger partial charge in [-0.1, -0.05) is 80.3 Å². The van der Waals surface area contributed by atoms with Gasteiger partial charge in [0.25, 0.3) is 0 Å². The monoisotopic (exact) mass is 889 g/mol. The van der Waals surface area contributed by atoms with Crippen molar-refractivity contribution in [2.24, 2.45) is 5.92 Å². The molecule has 3 aromatic carbocycles. The van der Waals surface area contributed by atoms with Gasteiger partial charge in [0.2, 0.25) is 0 Å². The Morgan fingerprint density at radius 1 is 0.863 bits per heavy atom. The first kappa shape index (κ1) is 34.2. The molecule has 0 spiro atoms. The topological polar surface area (TPSA) is 38.7 Å². The molecule has 4 aromatic heterocycles. The third kappa shape index (κ3) is 8.45. The average Bonchev–Trinajstić information content (AvgIpc) is 3.47. The van der Waals surface area contributed by atoms with E-state index in [-0.39, 0.29) is 31.6 Å². The van der Waals surface area contributed by atoms with Gasteiger partial charge in [-0.3, -0.25) is 0 Å². The third-order valence-corrected chi connectivity index (χ3v) is 12.0. The van der Waals surface area contributed by atoms with Crippen molar-refractivity contribution in [1.29, 1.82) is 0 Å². The maximum Gasteiger partial charge on any atom is 0.147 e. The van der Waals surface area contributed by atoms with Gasteiger partial charge < -0.3 is 9.97 Å². The predicted molar refractivity (Wildman–Crippen MR) is 214 cm³/mol. The number of hydrogen-bond acceptors (Lipinski definition) is 4. The van der Waals surface area contributed by atoms with E-state index in [0.29, 0.717) is 22.0 Å². The second kappa shape index (κ2) is 15.8. The smallest absolute Gasteiger partial charge is 0.147 e. The predicted octanol–water partition coefficient (Wildman–Crippen LogP) is 11.6. The molecule has 0 amide bonds. The fraction of sp³-hybridized carbons (Fsp3) is 0.250. The molecule has 7 aromatic rings. The molecular formula is C44H44FIrN3SSi-2. The number of halogens is 1. The molecule has 0 N–H and O–H groups in total. The molecule has 1 radical (unpaired) electrons. The number of nitrogens with zero attached hydrogens (tertiary/aromatic N) is 3. The van der Waals surface area contributed by atoms with E-state index in [9.17, 15) is 4.39 Å². The Morgan fingerprint density at radius 2 is 1.61 bits per heavy atom. The Balaban J connectivity index is 0.000000230. The van der Waals surface area contributed by atoms with Crippen molar-refractivity contribution in [2.45, 2.75) is 67.5 Å². The maximum atomic E-state index is 14.9. The van der Waals surface area contributed by atoms with Gasteiger partial charge in [0.15, 0.2) is 0 Å². The molecule has 7 rings (SSSR count). The van der Waals surface area contributed by atoms with Crippen molar-refractivity contribution in [3.8, 4) is 33.6 Å². The number of aromatic nitrogens is 3.